The van der Waals surface area contributed by atoms with Crippen molar-refractivity contribution in [2.45, 2.75) is 51.4 Å². The van der Waals surface area contributed by atoms with Crippen molar-refractivity contribution in [1.29, 1.82) is 0 Å². The molecular formula is C23H27ClF3N7O. The molecule has 35 heavy (non-hydrogen) atoms. The van der Waals surface area contributed by atoms with Crippen LogP contribution in [-0.4, -0.2) is 56.2 Å². The first-order chi connectivity index (χ1) is 16.6. The van der Waals surface area contributed by atoms with Crippen LogP contribution in [0.3, 0.4) is 0 Å². The predicted molar refractivity (Wildman–Crippen MR) is 128 cm³/mol. The fourth-order valence-corrected chi connectivity index (χ4v) is 4.30. The first-order valence-electron chi connectivity index (χ1n) is 11.3. The summed E-state index contributed by atoms with van der Waals surface area (Å²) in [6.45, 7) is 10.4. The lowest BCUT2D eigenvalue weighted by Gasteiger charge is -2.22. The highest BCUT2D eigenvalue weighted by Gasteiger charge is 2.38. The van der Waals surface area contributed by atoms with Gasteiger partial charge in [0.1, 0.15) is 0 Å². The van der Waals surface area contributed by atoms with Crippen molar-refractivity contribution in [3.63, 3.8) is 0 Å². The average molecular weight is 510 g/mol. The van der Waals surface area contributed by atoms with Gasteiger partial charge in [-0.1, -0.05) is 31.5 Å². The first kappa shape index (κ1) is 25.0. The quantitative estimate of drug-likeness (QED) is 0.422. The Kier molecular flexibility index (Phi) is 7.07. The van der Waals surface area contributed by atoms with E-state index >= 15 is 0 Å². The molecule has 0 spiro atoms. The highest BCUT2D eigenvalue weighted by Crippen LogP contribution is 2.31. The van der Waals surface area contributed by atoms with E-state index in [1.807, 2.05) is 13.8 Å². The van der Waals surface area contributed by atoms with Crippen molar-refractivity contribution in [3.8, 4) is 5.88 Å². The van der Waals surface area contributed by atoms with Crippen LogP contribution >= 0.6 is 11.6 Å². The molecular weight excluding hydrogens is 483 g/mol. The highest BCUT2D eigenvalue weighted by atomic mass is 35.5. The number of aromatic nitrogens is 5. The first-order valence-corrected chi connectivity index (χ1v) is 11.7. The van der Waals surface area contributed by atoms with Crippen LogP contribution in [0.4, 0.5) is 24.8 Å². The molecule has 1 aliphatic heterocycles. The number of anilines is 2. The van der Waals surface area contributed by atoms with Gasteiger partial charge in [0.25, 0.3) is 0 Å². The van der Waals surface area contributed by atoms with E-state index in [2.05, 4.69) is 37.1 Å². The summed E-state index contributed by atoms with van der Waals surface area (Å²) in [6.07, 6.45) is -2.14. The van der Waals surface area contributed by atoms with E-state index in [0.29, 0.717) is 16.7 Å². The van der Waals surface area contributed by atoms with Gasteiger partial charge in [-0.05, 0) is 30.9 Å². The van der Waals surface area contributed by atoms with Gasteiger partial charge in [-0.3, -0.25) is 0 Å². The van der Waals surface area contributed by atoms with Crippen LogP contribution in [0.25, 0.3) is 5.65 Å². The van der Waals surface area contributed by atoms with E-state index in [4.69, 9.17) is 16.3 Å². The second-order valence-electron chi connectivity index (χ2n) is 8.89. The van der Waals surface area contributed by atoms with Gasteiger partial charge >= 0.3 is 6.18 Å². The molecule has 2 unspecified atom stereocenters. The molecule has 4 heterocycles. The lowest BCUT2D eigenvalue weighted by molar-refractivity contribution is -0.190. The molecule has 1 aliphatic rings. The van der Waals surface area contributed by atoms with Crippen LogP contribution in [-0.2, 0) is 0 Å². The Hall–Kier alpha value is -3.08. The Morgan fingerprint density at radius 3 is 2.71 bits per heavy atom. The summed E-state index contributed by atoms with van der Waals surface area (Å²) >= 11 is 5.98. The van der Waals surface area contributed by atoms with Gasteiger partial charge in [-0.15, -0.1) is 16.8 Å². The molecule has 0 amide bonds. The molecule has 0 radical (unpaired) electrons. The molecule has 0 saturated carbocycles. The molecule has 0 bridgehead atoms. The Labute approximate surface area is 206 Å². The van der Waals surface area contributed by atoms with Crippen LogP contribution in [0.1, 0.15) is 38.7 Å². The fraction of sp³-hybridized carbons (Fsp3) is 0.478. The second-order valence-corrected chi connectivity index (χ2v) is 9.28. The zero-order chi connectivity index (χ0) is 25.3. The molecule has 3 atom stereocenters. The number of hydrogen-bond donors (Lipinski definition) is 1. The van der Waals surface area contributed by atoms with Gasteiger partial charge in [-0.2, -0.15) is 27.8 Å². The lowest BCUT2D eigenvalue weighted by atomic mass is 9.99. The third kappa shape index (κ3) is 5.44. The molecule has 0 aliphatic carbocycles. The molecule has 1 N–H and O–H groups in total. The third-order valence-electron chi connectivity index (χ3n) is 6.12. The third-order valence-corrected chi connectivity index (χ3v) is 6.30. The molecule has 1 saturated heterocycles. The monoisotopic (exact) mass is 509 g/mol. The van der Waals surface area contributed by atoms with Crippen LogP contribution in [0.15, 0.2) is 37.1 Å². The maximum atomic E-state index is 13.1. The summed E-state index contributed by atoms with van der Waals surface area (Å²) in [4.78, 5) is 6.76. The number of rotatable bonds is 8. The van der Waals surface area contributed by atoms with E-state index in [1.54, 1.807) is 24.4 Å². The number of pyridine rings is 1. The average Bonchev–Trinajstić information content (AvgIpc) is 3.44. The van der Waals surface area contributed by atoms with Crippen molar-refractivity contribution in [2.75, 3.05) is 23.3 Å². The fourth-order valence-electron chi connectivity index (χ4n) is 4.15. The van der Waals surface area contributed by atoms with Crippen molar-refractivity contribution in [3.05, 3.63) is 47.8 Å². The minimum Gasteiger partial charge on any atom is -0.465 e. The topological polar surface area (TPSA) is 80.5 Å². The van der Waals surface area contributed by atoms with Crippen LogP contribution in [0.5, 0.6) is 5.88 Å². The van der Waals surface area contributed by atoms with Gasteiger partial charge in [0, 0.05) is 31.1 Å². The summed E-state index contributed by atoms with van der Waals surface area (Å²) in [5.41, 5.74) is 2.19. The predicted octanol–water partition coefficient (Wildman–Crippen LogP) is 5.12. The van der Waals surface area contributed by atoms with E-state index in [9.17, 15) is 13.2 Å². The summed E-state index contributed by atoms with van der Waals surface area (Å²) in [6, 6.07) is 4.83. The molecule has 8 nitrogen and oxygen atoms in total. The van der Waals surface area contributed by atoms with Crippen molar-refractivity contribution >= 4 is 28.9 Å². The summed E-state index contributed by atoms with van der Waals surface area (Å²) in [5.74, 6) is 0.540. The Morgan fingerprint density at radius 1 is 1.29 bits per heavy atom. The van der Waals surface area contributed by atoms with Crippen molar-refractivity contribution in [1.82, 2.24) is 24.8 Å². The second kappa shape index (κ2) is 9.88. The molecule has 188 valence electrons. The highest BCUT2D eigenvalue weighted by molar-refractivity contribution is 6.29. The normalized spacial score (nSPS) is 18.2. The standard InChI is InChI=1S/C23H27ClF3N7O/c1-5-18(15-8-9-33(12-15)16-10-19(24)31-28-11-16)29-22-30-21-17(13(2)3)6-7-20(34(21)32-22)35-14(4)23(25,26)27/h5-7,10-11,13-15,18H,1,8-9,12H2,2-4H3,(H,29,32)/t14-,15?,18?/m0/s1. The van der Waals surface area contributed by atoms with Crippen LogP contribution in [0, 0.1) is 5.92 Å². The molecule has 0 aromatic carbocycles. The molecule has 4 rings (SSSR count). The van der Waals surface area contributed by atoms with E-state index in [1.165, 1.54) is 10.6 Å². The molecule has 12 heteroatoms. The number of alkyl halides is 3. The zero-order valence-electron chi connectivity index (χ0n) is 19.6. The van der Waals surface area contributed by atoms with E-state index in [0.717, 1.165) is 37.7 Å². The largest absolute Gasteiger partial charge is 0.465 e. The number of nitrogens with zero attached hydrogens (tertiary/aromatic N) is 6. The van der Waals surface area contributed by atoms with Crippen molar-refractivity contribution < 1.29 is 17.9 Å². The zero-order valence-corrected chi connectivity index (χ0v) is 20.4. The summed E-state index contributed by atoms with van der Waals surface area (Å²) < 4.78 is 45.8. The molecule has 1 fully saturated rings. The van der Waals surface area contributed by atoms with Crippen molar-refractivity contribution in [2.24, 2.45) is 5.92 Å². The number of ether oxygens (including phenoxy) is 1. The number of halogens is 4. The van der Waals surface area contributed by atoms with Crippen LogP contribution in [0.2, 0.25) is 5.15 Å². The molecule has 3 aromatic rings. The Morgan fingerprint density at radius 2 is 2.06 bits per heavy atom. The number of fused-ring (bicyclic) bond motifs is 1. The van der Waals surface area contributed by atoms with Gasteiger partial charge < -0.3 is 15.0 Å². The maximum absolute atomic E-state index is 13.1. The minimum atomic E-state index is -4.50. The van der Waals surface area contributed by atoms with Gasteiger partial charge in [0.2, 0.25) is 11.8 Å². The van der Waals surface area contributed by atoms with Gasteiger partial charge in [0.15, 0.2) is 16.9 Å². The SMILES string of the molecule is C=CC(Nc1nc2c(C(C)C)ccc(O[C@@H](C)C(F)(F)F)n2n1)C1CCN(c2cnnc(Cl)c2)C1. The van der Waals surface area contributed by atoms with Gasteiger partial charge in [-0.25, -0.2) is 0 Å². The Bertz CT molecular complexity index is 1200. The number of nitrogens with one attached hydrogen (secondary N) is 1. The lowest BCUT2D eigenvalue weighted by Crippen LogP contribution is -2.32. The maximum Gasteiger partial charge on any atom is 0.425 e. The minimum absolute atomic E-state index is 0.0287. The summed E-state index contributed by atoms with van der Waals surface area (Å²) in [5, 5.41) is 15.8. The van der Waals surface area contributed by atoms with E-state index < -0.39 is 12.3 Å². The van der Waals surface area contributed by atoms with Gasteiger partial charge in [0.05, 0.1) is 17.9 Å². The van der Waals surface area contributed by atoms with Crippen LogP contribution < -0.4 is 15.0 Å². The van der Waals surface area contributed by atoms with E-state index in [-0.39, 0.29) is 23.8 Å². The number of hydrogen-bond acceptors (Lipinski definition) is 7. The Balaban J connectivity index is 1.57. The molecule has 3 aromatic heterocycles. The smallest absolute Gasteiger partial charge is 0.425 e. The summed E-state index contributed by atoms with van der Waals surface area (Å²) in [7, 11) is 0.